The topological polar surface area (TPSA) is 199 Å². The van der Waals surface area contributed by atoms with E-state index in [1.807, 2.05) is 50.3 Å². The molecule has 2 spiro atoms. The fourth-order valence-electron chi connectivity index (χ4n) is 15.4. The van der Waals surface area contributed by atoms with E-state index >= 15 is 0 Å². The third-order valence-corrected chi connectivity index (χ3v) is 21.8. The molecular formula is C70H86Cl2N4O12. The predicted molar refractivity (Wildman–Crippen MR) is 338 cm³/mol. The van der Waals surface area contributed by atoms with Crippen LogP contribution < -0.4 is 19.3 Å². The van der Waals surface area contributed by atoms with Crippen molar-refractivity contribution in [3.05, 3.63) is 141 Å². The first-order chi connectivity index (χ1) is 42.1. The summed E-state index contributed by atoms with van der Waals surface area (Å²) in [6, 6.07) is 22.4. The lowest BCUT2D eigenvalue weighted by Gasteiger charge is -2.45. The Balaban J connectivity index is 0.000000182. The van der Waals surface area contributed by atoms with E-state index in [-0.39, 0.29) is 69.5 Å². The molecule has 4 aromatic rings. The van der Waals surface area contributed by atoms with E-state index in [0.717, 1.165) is 85.6 Å². The van der Waals surface area contributed by atoms with Crippen LogP contribution in [0.3, 0.4) is 0 Å². The zero-order valence-electron chi connectivity index (χ0n) is 51.6. The van der Waals surface area contributed by atoms with Gasteiger partial charge in [-0.25, -0.2) is 9.59 Å². The predicted octanol–water partition coefficient (Wildman–Crippen LogP) is 9.52. The van der Waals surface area contributed by atoms with Crippen molar-refractivity contribution in [1.82, 2.24) is 9.80 Å². The molecule has 0 unspecified atom stereocenters. The van der Waals surface area contributed by atoms with Crippen LogP contribution in [0.15, 0.2) is 97.1 Å². The van der Waals surface area contributed by atoms with E-state index in [1.54, 1.807) is 50.5 Å². The van der Waals surface area contributed by atoms with Gasteiger partial charge in [-0.2, -0.15) is 0 Å². The summed E-state index contributed by atoms with van der Waals surface area (Å²) < 4.78 is 23.3. The van der Waals surface area contributed by atoms with Gasteiger partial charge < -0.3 is 59.0 Å². The minimum Gasteiger partial charge on any atom is -0.490 e. The van der Waals surface area contributed by atoms with Gasteiger partial charge in [0, 0.05) is 73.2 Å². The number of amides is 2. The summed E-state index contributed by atoms with van der Waals surface area (Å²) in [5.41, 5.74) is 2.14. The molecule has 4 bridgehead atoms. The molecule has 2 fully saturated rings. The van der Waals surface area contributed by atoms with Crippen LogP contribution in [0.5, 0.6) is 11.5 Å². The first-order valence-electron chi connectivity index (χ1n) is 31.5. The maximum atomic E-state index is 13.5. The normalized spacial score (nSPS) is 32.9. The molecule has 88 heavy (non-hydrogen) atoms. The number of halogens is 2. The van der Waals surface area contributed by atoms with Crippen molar-refractivity contribution in [3.8, 4) is 11.5 Å². The molecule has 4 heterocycles. The number of hydrogen-bond donors (Lipinski definition) is 4. The number of aliphatic hydroxyl groups is 4. The molecule has 4 aromatic carbocycles. The lowest BCUT2D eigenvalue weighted by molar-refractivity contribution is -0.168. The number of ether oxygens (including phenoxy) is 4. The second-order valence-corrected chi connectivity index (χ2v) is 27.5. The fraction of sp³-hybridized carbons (Fsp3) is 0.543. The minimum absolute atomic E-state index is 0.116. The maximum Gasteiger partial charge on any atom is 0.343 e. The maximum absolute atomic E-state index is 13.5. The number of nitrogens with zero attached hydrogens (tertiary/aromatic N) is 4. The van der Waals surface area contributed by atoms with Crippen molar-refractivity contribution >= 4 is 58.3 Å². The van der Waals surface area contributed by atoms with Crippen molar-refractivity contribution in [2.45, 2.75) is 150 Å². The quantitative estimate of drug-likeness (QED) is 0.109. The molecule has 8 aliphatic rings. The van der Waals surface area contributed by atoms with Crippen LogP contribution in [-0.4, -0.2) is 146 Å². The largest absolute Gasteiger partial charge is 0.490 e. The number of benzene rings is 4. The van der Waals surface area contributed by atoms with Crippen molar-refractivity contribution in [2.24, 2.45) is 23.7 Å². The van der Waals surface area contributed by atoms with Gasteiger partial charge in [0.05, 0.1) is 63.9 Å². The molecule has 2 amide bonds. The summed E-state index contributed by atoms with van der Waals surface area (Å²) in [6.07, 6.45) is 16.4. The molecule has 472 valence electrons. The van der Waals surface area contributed by atoms with E-state index in [9.17, 15) is 39.6 Å². The van der Waals surface area contributed by atoms with Gasteiger partial charge >= 0.3 is 11.9 Å². The zero-order valence-corrected chi connectivity index (χ0v) is 53.1. The molecule has 12 atom stereocenters. The molecule has 18 heteroatoms. The first-order valence-corrected chi connectivity index (χ1v) is 32.3. The van der Waals surface area contributed by atoms with Crippen LogP contribution in [0.4, 0.5) is 11.4 Å². The van der Waals surface area contributed by atoms with Gasteiger partial charge in [0.25, 0.3) is 0 Å². The van der Waals surface area contributed by atoms with E-state index < -0.39 is 48.2 Å². The molecule has 16 nitrogen and oxygen atoms in total. The van der Waals surface area contributed by atoms with Gasteiger partial charge in [0.15, 0.2) is 11.2 Å². The van der Waals surface area contributed by atoms with Crippen LogP contribution in [0.2, 0.25) is 10.0 Å². The Morgan fingerprint density at radius 1 is 0.591 bits per heavy atom. The minimum atomic E-state index is -2.18. The zero-order chi connectivity index (χ0) is 62.5. The number of methoxy groups -OCH3 is 2. The van der Waals surface area contributed by atoms with Crippen LogP contribution in [0.25, 0.3) is 0 Å². The van der Waals surface area contributed by atoms with E-state index in [0.29, 0.717) is 63.7 Å². The highest BCUT2D eigenvalue weighted by molar-refractivity contribution is 6.31. The Bertz CT molecular complexity index is 3140. The highest BCUT2D eigenvalue weighted by atomic mass is 35.5. The van der Waals surface area contributed by atoms with Crippen molar-refractivity contribution in [3.63, 3.8) is 0 Å². The average Bonchev–Trinajstić information content (AvgIpc) is 1.56. The molecule has 12 rings (SSSR count). The second-order valence-electron chi connectivity index (χ2n) is 26.7. The average molecular weight is 1250 g/mol. The Kier molecular flexibility index (Phi) is 18.5. The number of carbonyl (C=O) groups is 4. The summed E-state index contributed by atoms with van der Waals surface area (Å²) in [5, 5.41) is 47.7. The molecule has 2 saturated carbocycles. The van der Waals surface area contributed by atoms with E-state index in [2.05, 4.69) is 34.1 Å². The number of aliphatic hydroxyl groups excluding tert-OH is 2. The standard InChI is InChI=1S/2C35H43ClN2O6/c2*1-22-6-4-8-30(39)27-12-9-24(27)19-38-20-34(15-5-7-23-16-26(36)11-13-28(23)34)21-44-31-14-10-25(17-29(31)38)35(42,33(41)43-3)18-32(40)37(22)2/h2*4,8,10-11,13-14,16-17,22,24,27,30,39,42H,5-7,9,12,15,18-21H2,1-3H3/b2*8-4+/t22-,24-,27+,30-,34-,35+;22-,24-,27+,30-,34-,35-/m00/s1. The highest BCUT2D eigenvalue weighted by Gasteiger charge is 2.50. The van der Waals surface area contributed by atoms with E-state index in [1.165, 1.54) is 46.3 Å². The van der Waals surface area contributed by atoms with Crippen molar-refractivity contribution in [1.29, 1.82) is 0 Å². The molecule has 4 aliphatic carbocycles. The molecule has 0 aromatic heterocycles. The number of anilines is 2. The highest BCUT2D eigenvalue weighted by Crippen LogP contribution is 2.50. The van der Waals surface area contributed by atoms with Crippen molar-refractivity contribution in [2.75, 3.05) is 77.5 Å². The van der Waals surface area contributed by atoms with Gasteiger partial charge in [0.1, 0.15) is 11.5 Å². The fourth-order valence-corrected chi connectivity index (χ4v) is 15.8. The van der Waals surface area contributed by atoms with Gasteiger partial charge in [-0.1, -0.05) is 71.8 Å². The summed E-state index contributed by atoms with van der Waals surface area (Å²) in [5.74, 6) is -0.476. The van der Waals surface area contributed by atoms with Crippen molar-refractivity contribution < 1.29 is 58.6 Å². The van der Waals surface area contributed by atoms with Crippen LogP contribution in [0.1, 0.15) is 124 Å². The second kappa shape index (κ2) is 25.6. The molecule has 4 N–H and O–H groups in total. The van der Waals surface area contributed by atoms with E-state index in [4.69, 9.17) is 42.1 Å². The number of fused-ring (bicyclic) bond motifs is 8. The number of esters is 2. The van der Waals surface area contributed by atoms with Gasteiger partial charge in [0.2, 0.25) is 11.8 Å². The SMILES string of the molecule is COC(=O)[C@@]1(O)CC(=O)N(C)[C@@H](C)C/C=C/[C@H](O)[C@@H]2CC[C@H]2CN2C[C@@]3(CCCc4cc(Cl)ccc43)COc3ccc1cc32.COC(=O)[C@]1(O)CC(=O)N(C)[C@@H](C)C/C=C/[C@H](O)[C@@H]2CC[C@H]2CN2C[C@@]3(CCCc4cc(Cl)ccc43)COc3ccc1cc32. The molecule has 4 aliphatic heterocycles. The summed E-state index contributed by atoms with van der Waals surface area (Å²) in [7, 11) is 5.78. The Hall–Kier alpha value is -6.14. The first kappa shape index (κ1) is 63.4. The Labute approximate surface area is 527 Å². The third-order valence-electron chi connectivity index (χ3n) is 21.4. The molecule has 0 saturated heterocycles. The number of aryl methyl sites for hydroxylation is 2. The molecular weight excluding hydrogens is 1160 g/mol. The van der Waals surface area contributed by atoms with Gasteiger partial charge in [-0.15, -0.1) is 0 Å². The molecule has 0 radical (unpaired) electrons. The van der Waals surface area contributed by atoms with Gasteiger partial charge in [-0.05, 0) is 196 Å². The summed E-state index contributed by atoms with van der Waals surface area (Å²) >= 11 is 12.8. The number of hydrogen-bond acceptors (Lipinski definition) is 14. The van der Waals surface area contributed by atoms with Crippen LogP contribution in [0, 0.1) is 23.7 Å². The smallest absolute Gasteiger partial charge is 0.343 e. The Morgan fingerprint density at radius 2 is 1.00 bits per heavy atom. The lowest BCUT2D eigenvalue weighted by Crippen LogP contribution is -2.49. The summed E-state index contributed by atoms with van der Waals surface area (Å²) in [6.45, 7) is 7.49. The summed E-state index contributed by atoms with van der Waals surface area (Å²) in [4.78, 5) is 61.0. The van der Waals surface area contributed by atoms with Crippen LogP contribution >= 0.6 is 23.2 Å². The third kappa shape index (κ3) is 12.2. The van der Waals surface area contributed by atoms with Crippen LogP contribution in [-0.2, 0) is 63.5 Å². The Morgan fingerprint density at radius 3 is 1.38 bits per heavy atom. The number of rotatable bonds is 2. The lowest BCUT2D eigenvalue weighted by atomic mass is 9.68. The number of carbonyl (C=O) groups excluding carboxylic acids is 4. The van der Waals surface area contributed by atoms with Gasteiger partial charge in [-0.3, -0.25) is 9.59 Å². The monoisotopic (exact) mass is 1240 g/mol.